The summed E-state index contributed by atoms with van der Waals surface area (Å²) >= 11 is 0. The summed E-state index contributed by atoms with van der Waals surface area (Å²) in [5, 5.41) is 3.07. The number of likely N-dealkylation sites (tertiary alicyclic amines) is 1. The van der Waals surface area contributed by atoms with Gasteiger partial charge in [0.25, 0.3) is 0 Å². The van der Waals surface area contributed by atoms with Crippen LogP contribution in [0.15, 0.2) is 0 Å². The molecule has 0 aromatic rings. The molecule has 6 fully saturated rings. The Bertz CT molecular complexity index is 549. The molecule has 2 atom stereocenters. The van der Waals surface area contributed by atoms with Gasteiger partial charge in [0.2, 0.25) is 11.8 Å². The standard InChI is InChI=1S/C21H32N2O3/c24-19(22-13-17-3-2-6-26-17)18-4-1-5-23(18)20(25)21-10-14-7-15(11-21)9-16(8-14)12-21/h14-18H,1-13H2,(H,22,24)/t14?,15?,16?,17-,18?,21?/m1/s1. The maximum Gasteiger partial charge on any atom is 0.242 e. The van der Waals surface area contributed by atoms with Crippen LogP contribution in [-0.4, -0.2) is 48.6 Å². The van der Waals surface area contributed by atoms with Crippen LogP contribution in [0.1, 0.15) is 64.2 Å². The molecular formula is C21H32N2O3. The van der Waals surface area contributed by atoms with Crippen molar-refractivity contribution in [2.24, 2.45) is 23.2 Å². The molecule has 6 rings (SSSR count). The zero-order valence-electron chi connectivity index (χ0n) is 15.8. The average Bonchev–Trinajstić information content (AvgIpc) is 3.29. The summed E-state index contributed by atoms with van der Waals surface area (Å²) in [5.41, 5.74) is -0.133. The van der Waals surface area contributed by atoms with Crippen molar-refractivity contribution in [2.45, 2.75) is 76.4 Å². The van der Waals surface area contributed by atoms with Gasteiger partial charge in [0.1, 0.15) is 6.04 Å². The van der Waals surface area contributed by atoms with Gasteiger partial charge in [-0.2, -0.15) is 0 Å². The van der Waals surface area contributed by atoms with E-state index < -0.39 is 0 Å². The second-order valence-electron chi connectivity index (χ2n) is 9.73. The molecule has 5 heteroatoms. The van der Waals surface area contributed by atoms with Crippen molar-refractivity contribution in [1.29, 1.82) is 0 Å². The Morgan fingerprint density at radius 1 is 1.00 bits per heavy atom. The smallest absolute Gasteiger partial charge is 0.242 e. The van der Waals surface area contributed by atoms with Crippen LogP contribution in [0.5, 0.6) is 0 Å². The lowest BCUT2D eigenvalue weighted by Gasteiger charge is -2.56. The number of hydrogen-bond acceptors (Lipinski definition) is 3. The average molecular weight is 360 g/mol. The molecule has 144 valence electrons. The highest BCUT2D eigenvalue weighted by molar-refractivity contribution is 5.91. The van der Waals surface area contributed by atoms with Gasteiger partial charge in [-0.3, -0.25) is 9.59 Å². The normalized spacial score (nSPS) is 43.8. The largest absolute Gasteiger partial charge is 0.376 e. The highest BCUT2D eigenvalue weighted by Crippen LogP contribution is 2.60. The van der Waals surface area contributed by atoms with Crippen LogP contribution >= 0.6 is 0 Å². The summed E-state index contributed by atoms with van der Waals surface area (Å²) in [4.78, 5) is 28.3. The van der Waals surface area contributed by atoms with Crippen LogP contribution in [0, 0.1) is 23.2 Å². The number of rotatable bonds is 4. The topological polar surface area (TPSA) is 58.6 Å². The van der Waals surface area contributed by atoms with Gasteiger partial charge in [-0.1, -0.05) is 0 Å². The van der Waals surface area contributed by atoms with Gasteiger partial charge < -0.3 is 15.0 Å². The molecule has 5 nitrogen and oxygen atoms in total. The molecule has 4 saturated carbocycles. The van der Waals surface area contributed by atoms with Gasteiger partial charge in [-0.25, -0.2) is 0 Å². The Morgan fingerprint density at radius 2 is 1.69 bits per heavy atom. The van der Waals surface area contributed by atoms with E-state index in [4.69, 9.17) is 4.74 Å². The summed E-state index contributed by atoms with van der Waals surface area (Å²) in [6.07, 6.45) is 11.3. The maximum atomic E-state index is 13.6. The van der Waals surface area contributed by atoms with E-state index in [2.05, 4.69) is 5.32 Å². The van der Waals surface area contributed by atoms with E-state index in [0.717, 1.165) is 75.9 Å². The Morgan fingerprint density at radius 3 is 2.31 bits per heavy atom. The molecule has 0 spiro atoms. The number of carbonyl (C=O) groups is 2. The molecule has 6 aliphatic rings. The van der Waals surface area contributed by atoms with Crippen molar-refractivity contribution in [3.8, 4) is 0 Å². The fraction of sp³-hybridized carbons (Fsp3) is 0.905. The molecule has 0 radical (unpaired) electrons. The van der Waals surface area contributed by atoms with Crippen LogP contribution in [-0.2, 0) is 14.3 Å². The highest BCUT2D eigenvalue weighted by Gasteiger charge is 2.56. The summed E-state index contributed by atoms with van der Waals surface area (Å²) in [7, 11) is 0. The van der Waals surface area contributed by atoms with Crippen LogP contribution in [0.3, 0.4) is 0 Å². The minimum absolute atomic E-state index is 0.0380. The van der Waals surface area contributed by atoms with Gasteiger partial charge in [-0.05, 0) is 82.0 Å². The Hall–Kier alpha value is -1.10. The summed E-state index contributed by atoms with van der Waals surface area (Å²) in [6.45, 7) is 2.16. The monoisotopic (exact) mass is 360 g/mol. The molecule has 4 aliphatic carbocycles. The minimum Gasteiger partial charge on any atom is -0.376 e. The Balaban J connectivity index is 1.26. The molecule has 0 aromatic carbocycles. The summed E-state index contributed by atoms with van der Waals surface area (Å²) < 4.78 is 5.61. The molecule has 0 aromatic heterocycles. The first-order valence-electron chi connectivity index (χ1n) is 10.8. The number of ether oxygens (including phenoxy) is 1. The molecule has 4 bridgehead atoms. The third-order valence-electron chi connectivity index (χ3n) is 7.84. The fourth-order valence-electron chi connectivity index (χ4n) is 7.10. The SMILES string of the molecule is O=C(NC[C@H]1CCCO1)C1CCCN1C(=O)C12CC3CC(CC(C3)C1)C2. The number of nitrogens with one attached hydrogen (secondary N) is 1. The van der Waals surface area contributed by atoms with Crippen molar-refractivity contribution in [3.63, 3.8) is 0 Å². The Kier molecular flexibility index (Phi) is 4.26. The van der Waals surface area contributed by atoms with E-state index in [1.165, 1.54) is 19.3 Å². The lowest BCUT2D eigenvalue weighted by atomic mass is 9.49. The first-order valence-corrected chi connectivity index (χ1v) is 10.8. The van der Waals surface area contributed by atoms with Gasteiger partial charge in [0.15, 0.2) is 0 Å². The van der Waals surface area contributed by atoms with Crippen molar-refractivity contribution in [1.82, 2.24) is 10.2 Å². The molecule has 2 aliphatic heterocycles. The van der Waals surface area contributed by atoms with E-state index in [-0.39, 0.29) is 23.5 Å². The van der Waals surface area contributed by atoms with E-state index in [9.17, 15) is 9.59 Å². The van der Waals surface area contributed by atoms with E-state index in [0.29, 0.717) is 12.5 Å². The fourth-order valence-corrected chi connectivity index (χ4v) is 7.10. The quantitative estimate of drug-likeness (QED) is 0.838. The van der Waals surface area contributed by atoms with Gasteiger partial charge in [-0.15, -0.1) is 0 Å². The van der Waals surface area contributed by atoms with Gasteiger partial charge in [0.05, 0.1) is 11.5 Å². The van der Waals surface area contributed by atoms with Crippen molar-refractivity contribution in [3.05, 3.63) is 0 Å². The van der Waals surface area contributed by atoms with Gasteiger partial charge >= 0.3 is 0 Å². The molecule has 2 saturated heterocycles. The molecule has 1 unspecified atom stereocenters. The zero-order chi connectivity index (χ0) is 17.7. The van der Waals surface area contributed by atoms with Crippen molar-refractivity contribution >= 4 is 11.8 Å². The minimum atomic E-state index is -0.253. The third-order valence-corrected chi connectivity index (χ3v) is 7.84. The predicted octanol–water partition coefficient (Wildman–Crippen LogP) is 2.49. The highest BCUT2D eigenvalue weighted by atomic mass is 16.5. The van der Waals surface area contributed by atoms with Crippen molar-refractivity contribution in [2.75, 3.05) is 19.7 Å². The summed E-state index contributed by atoms with van der Waals surface area (Å²) in [6, 6.07) is -0.253. The second kappa shape index (κ2) is 6.50. The van der Waals surface area contributed by atoms with Crippen molar-refractivity contribution < 1.29 is 14.3 Å². The number of carbonyl (C=O) groups excluding carboxylic acids is 2. The molecule has 26 heavy (non-hydrogen) atoms. The maximum absolute atomic E-state index is 13.6. The molecule has 2 amide bonds. The lowest BCUT2D eigenvalue weighted by molar-refractivity contribution is -0.160. The molecule has 2 heterocycles. The lowest BCUT2D eigenvalue weighted by Crippen LogP contribution is -2.57. The van der Waals surface area contributed by atoms with E-state index >= 15 is 0 Å². The first-order chi connectivity index (χ1) is 12.6. The second-order valence-corrected chi connectivity index (χ2v) is 9.73. The molecular weight excluding hydrogens is 328 g/mol. The molecule has 1 N–H and O–H groups in total. The van der Waals surface area contributed by atoms with E-state index in [1.807, 2.05) is 4.90 Å². The zero-order valence-corrected chi connectivity index (χ0v) is 15.8. The third kappa shape index (κ3) is 2.87. The Labute approximate surface area is 156 Å². The summed E-state index contributed by atoms with van der Waals surface area (Å²) in [5.74, 6) is 2.64. The van der Waals surface area contributed by atoms with Gasteiger partial charge in [0, 0.05) is 19.7 Å². The van der Waals surface area contributed by atoms with Crippen LogP contribution in [0.4, 0.5) is 0 Å². The van der Waals surface area contributed by atoms with Crippen LogP contribution in [0.25, 0.3) is 0 Å². The van der Waals surface area contributed by atoms with E-state index in [1.54, 1.807) is 0 Å². The van der Waals surface area contributed by atoms with Crippen LogP contribution < -0.4 is 5.32 Å². The number of hydrogen-bond donors (Lipinski definition) is 1. The first kappa shape index (κ1) is 17.0. The number of amides is 2. The predicted molar refractivity (Wildman–Crippen MR) is 97.3 cm³/mol. The number of nitrogens with zero attached hydrogens (tertiary/aromatic N) is 1. The van der Waals surface area contributed by atoms with Crippen LogP contribution in [0.2, 0.25) is 0 Å².